The van der Waals surface area contributed by atoms with E-state index in [1.807, 2.05) is 6.92 Å². The third kappa shape index (κ3) is 2.17. The van der Waals surface area contributed by atoms with Gasteiger partial charge in [0.15, 0.2) is 0 Å². The predicted octanol–water partition coefficient (Wildman–Crippen LogP) is 1.54. The molecule has 0 radical (unpaired) electrons. The lowest BCUT2D eigenvalue weighted by molar-refractivity contribution is 0.0606. The molecule has 1 rings (SSSR count). The molecule has 2 nitrogen and oxygen atoms in total. The molecule has 2 heteroatoms. The number of ether oxygens (including phenoxy) is 1. The van der Waals surface area contributed by atoms with E-state index in [2.05, 4.69) is 0 Å². The van der Waals surface area contributed by atoms with E-state index in [9.17, 15) is 0 Å². The van der Waals surface area contributed by atoms with Crippen molar-refractivity contribution in [2.45, 2.75) is 32.6 Å². The molecule has 0 aliphatic heterocycles. The summed E-state index contributed by atoms with van der Waals surface area (Å²) in [7, 11) is 0. The summed E-state index contributed by atoms with van der Waals surface area (Å²) in [4.78, 5) is 0. The van der Waals surface area contributed by atoms with Gasteiger partial charge in [-0.05, 0) is 38.1 Å². The largest absolute Gasteiger partial charge is 0.382 e. The van der Waals surface area contributed by atoms with Crippen LogP contribution in [0.5, 0.6) is 0 Å². The zero-order valence-electron chi connectivity index (χ0n) is 7.44. The Hall–Kier alpha value is -0.0800. The smallest absolute Gasteiger partial charge is 0.0471 e. The maximum Gasteiger partial charge on any atom is 0.0471 e. The van der Waals surface area contributed by atoms with Crippen molar-refractivity contribution in [3.63, 3.8) is 0 Å². The van der Waals surface area contributed by atoms with Gasteiger partial charge in [-0.2, -0.15) is 0 Å². The van der Waals surface area contributed by atoms with Crippen molar-refractivity contribution in [1.82, 2.24) is 0 Å². The fourth-order valence-electron chi connectivity index (χ4n) is 1.67. The highest BCUT2D eigenvalue weighted by Crippen LogP contribution is 2.42. The van der Waals surface area contributed by atoms with Crippen LogP contribution in [0, 0.1) is 5.41 Å². The van der Waals surface area contributed by atoms with Crippen molar-refractivity contribution in [2.75, 3.05) is 19.8 Å². The highest BCUT2D eigenvalue weighted by Gasteiger charge is 2.34. The lowest BCUT2D eigenvalue weighted by Crippen LogP contribution is -2.38. The van der Waals surface area contributed by atoms with Gasteiger partial charge in [0.2, 0.25) is 0 Å². The number of nitrogens with two attached hydrogens (primary N) is 1. The molecule has 0 spiro atoms. The first kappa shape index (κ1) is 9.01. The van der Waals surface area contributed by atoms with Crippen LogP contribution in [0.1, 0.15) is 32.6 Å². The normalized spacial score (nSPS) is 21.3. The summed E-state index contributed by atoms with van der Waals surface area (Å²) >= 11 is 0. The first-order valence-corrected chi connectivity index (χ1v) is 4.61. The molecule has 1 aliphatic carbocycles. The van der Waals surface area contributed by atoms with Crippen LogP contribution >= 0.6 is 0 Å². The zero-order valence-corrected chi connectivity index (χ0v) is 7.44. The second-order valence-electron chi connectivity index (χ2n) is 3.50. The second kappa shape index (κ2) is 4.07. The van der Waals surface area contributed by atoms with Gasteiger partial charge in [-0.3, -0.25) is 0 Å². The van der Waals surface area contributed by atoms with E-state index in [1.165, 1.54) is 19.3 Å². The van der Waals surface area contributed by atoms with E-state index >= 15 is 0 Å². The van der Waals surface area contributed by atoms with Gasteiger partial charge in [0.1, 0.15) is 0 Å². The van der Waals surface area contributed by atoms with Crippen LogP contribution in [0.25, 0.3) is 0 Å². The summed E-state index contributed by atoms with van der Waals surface area (Å²) in [5.41, 5.74) is 6.16. The molecule has 0 heterocycles. The van der Waals surface area contributed by atoms with Crippen molar-refractivity contribution in [3.8, 4) is 0 Å². The zero-order chi connectivity index (χ0) is 8.16. The van der Waals surface area contributed by atoms with Gasteiger partial charge in [0, 0.05) is 13.2 Å². The van der Waals surface area contributed by atoms with E-state index in [4.69, 9.17) is 10.5 Å². The summed E-state index contributed by atoms with van der Waals surface area (Å²) in [5.74, 6) is 0. The predicted molar refractivity (Wildman–Crippen MR) is 46.4 cm³/mol. The molecule has 66 valence electrons. The van der Waals surface area contributed by atoms with Gasteiger partial charge in [0.25, 0.3) is 0 Å². The van der Waals surface area contributed by atoms with Crippen LogP contribution in [0.15, 0.2) is 0 Å². The Labute approximate surface area is 69.1 Å². The molecule has 11 heavy (non-hydrogen) atoms. The van der Waals surface area contributed by atoms with Crippen molar-refractivity contribution in [1.29, 1.82) is 0 Å². The Morgan fingerprint density at radius 2 is 2.18 bits per heavy atom. The molecule has 0 aromatic heterocycles. The Kier molecular flexibility index (Phi) is 3.34. The summed E-state index contributed by atoms with van der Waals surface area (Å²) in [5, 5.41) is 0. The van der Waals surface area contributed by atoms with Gasteiger partial charge in [-0.15, -0.1) is 0 Å². The highest BCUT2D eigenvalue weighted by molar-refractivity contribution is 4.88. The average Bonchev–Trinajstić information content (AvgIpc) is 1.95. The van der Waals surface area contributed by atoms with Crippen molar-refractivity contribution < 1.29 is 4.74 Å². The third-order valence-corrected chi connectivity index (χ3v) is 2.83. The maximum absolute atomic E-state index is 5.70. The Morgan fingerprint density at radius 1 is 1.45 bits per heavy atom. The number of hydrogen-bond donors (Lipinski definition) is 1. The van der Waals surface area contributed by atoms with Gasteiger partial charge >= 0.3 is 0 Å². The van der Waals surface area contributed by atoms with Crippen molar-refractivity contribution in [3.05, 3.63) is 0 Å². The van der Waals surface area contributed by atoms with Gasteiger partial charge in [-0.25, -0.2) is 0 Å². The van der Waals surface area contributed by atoms with Crippen LogP contribution < -0.4 is 5.73 Å². The minimum absolute atomic E-state index is 0.467. The van der Waals surface area contributed by atoms with Crippen LogP contribution in [0.3, 0.4) is 0 Å². The van der Waals surface area contributed by atoms with E-state index in [0.29, 0.717) is 5.41 Å². The molecule has 0 aromatic rings. The Bertz CT molecular complexity index is 105. The first-order chi connectivity index (χ1) is 5.33. The van der Waals surface area contributed by atoms with Crippen molar-refractivity contribution >= 4 is 0 Å². The van der Waals surface area contributed by atoms with Crippen LogP contribution in [-0.2, 0) is 4.74 Å². The van der Waals surface area contributed by atoms with E-state index < -0.39 is 0 Å². The van der Waals surface area contributed by atoms with Gasteiger partial charge < -0.3 is 10.5 Å². The molecule has 1 saturated carbocycles. The third-order valence-electron chi connectivity index (χ3n) is 2.83. The summed E-state index contributed by atoms with van der Waals surface area (Å²) in [6, 6.07) is 0. The van der Waals surface area contributed by atoms with E-state index in [1.54, 1.807) is 0 Å². The molecule has 0 atom stereocenters. The topological polar surface area (TPSA) is 35.2 Å². The number of hydrogen-bond acceptors (Lipinski definition) is 2. The fraction of sp³-hybridized carbons (Fsp3) is 1.00. The quantitative estimate of drug-likeness (QED) is 0.614. The monoisotopic (exact) mass is 157 g/mol. The van der Waals surface area contributed by atoms with Gasteiger partial charge in [0.05, 0.1) is 0 Å². The van der Waals surface area contributed by atoms with Crippen LogP contribution in [0.4, 0.5) is 0 Å². The molecule has 0 amide bonds. The fourth-order valence-corrected chi connectivity index (χ4v) is 1.67. The highest BCUT2D eigenvalue weighted by atomic mass is 16.5. The molecule has 0 bridgehead atoms. The minimum Gasteiger partial charge on any atom is -0.382 e. The average molecular weight is 157 g/mol. The molecule has 1 fully saturated rings. The van der Waals surface area contributed by atoms with Crippen LogP contribution in [0.2, 0.25) is 0 Å². The first-order valence-electron chi connectivity index (χ1n) is 4.61. The van der Waals surface area contributed by atoms with E-state index in [-0.39, 0.29) is 0 Å². The molecule has 2 N–H and O–H groups in total. The summed E-state index contributed by atoms with van der Waals surface area (Å²) < 4.78 is 5.31. The van der Waals surface area contributed by atoms with E-state index in [0.717, 1.165) is 26.2 Å². The Balaban J connectivity index is 2.11. The molecular weight excluding hydrogens is 138 g/mol. The standard InChI is InChI=1S/C9H19NO/c1-2-11-7-6-9(8-10)4-3-5-9/h2-8,10H2,1H3. The lowest BCUT2D eigenvalue weighted by atomic mass is 9.67. The molecule has 0 aromatic carbocycles. The molecule has 1 aliphatic rings. The summed E-state index contributed by atoms with van der Waals surface area (Å²) in [6.07, 6.45) is 5.16. The number of rotatable bonds is 5. The SMILES string of the molecule is CCOCCC1(CN)CCC1. The van der Waals surface area contributed by atoms with Gasteiger partial charge in [-0.1, -0.05) is 6.42 Å². The molecule has 0 unspecified atom stereocenters. The summed E-state index contributed by atoms with van der Waals surface area (Å²) in [6.45, 7) is 4.62. The molecular formula is C9H19NO. The maximum atomic E-state index is 5.70. The second-order valence-corrected chi connectivity index (χ2v) is 3.50. The minimum atomic E-state index is 0.467. The lowest BCUT2D eigenvalue weighted by Gasteiger charge is -2.40. The Morgan fingerprint density at radius 3 is 2.55 bits per heavy atom. The van der Waals surface area contributed by atoms with Crippen molar-refractivity contribution in [2.24, 2.45) is 11.1 Å². The molecule has 0 saturated heterocycles. The van der Waals surface area contributed by atoms with Crippen LogP contribution in [-0.4, -0.2) is 19.8 Å².